The van der Waals surface area contributed by atoms with E-state index in [4.69, 9.17) is 21.1 Å². The summed E-state index contributed by atoms with van der Waals surface area (Å²) in [7, 11) is 1.71. The minimum absolute atomic E-state index is 0.103. The molecule has 2 aromatic rings. The van der Waals surface area contributed by atoms with Crippen LogP contribution in [0.15, 0.2) is 48.5 Å². The normalized spacial score (nSPS) is 21.8. The first-order chi connectivity index (χ1) is 12.9. The van der Waals surface area contributed by atoms with Gasteiger partial charge in [-0.05, 0) is 75.0 Å². The van der Waals surface area contributed by atoms with E-state index in [9.17, 15) is 0 Å². The molecule has 0 spiro atoms. The summed E-state index contributed by atoms with van der Waals surface area (Å²) in [4.78, 5) is 0. The van der Waals surface area contributed by atoms with Crippen molar-refractivity contribution in [1.82, 2.24) is 5.32 Å². The average molecular weight is 388 g/mol. The number of halogens is 1. The molecule has 1 saturated heterocycles. The zero-order chi connectivity index (χ0) is 19.3. The average Bonchev–Trinajstić information content (AvgIpc) is 2.66. The molecule has 2 aromatic carbocycles. The highest BCUT2D eigenvalue weighted by atomic mass is 35.5. The van der Waals surface area contributed by atoms with Crippen LogP contribution in [0.1, 0.15) is 44.2 Å². The molecule has 0 amide bonds. The molecule has 1 heterocycles. The molecular formula is C23H30ClNO2. The maximum absolute atomic E-state index is 6.02. The van der Waals surface area contributed by atoms with Gasteiger partial charge in [-0.1, -0.05) is 35.9 Å². The van der Waals surface area contributed by atoms with Gasteiger partial charge in [-0.25, -0.2) is 0 Å². The fourth-order valence-corrected chi connectivity index (χ4v) is 4.31. The van der Waals surface area contributed by atoms with Crippen LogP contribution in [0.4, 0.5) is 0 Å². The van der Waals surface area contributed by atoms with Crippen molar-refractivity contribution in [3.8, 4) is 5.75 Å². The standard InChI is InChI=1S/C23H30ClNO2/c1-22(2)17-23(13-15-27-22,19-6-10-21(26-3)11-7-19)12-14-25-16-18-4-8-20(24)9-5-18/h4-11,25H,12-17H2,1-3H3. The highest BCUT2D eigenvalue weighted by molar-refractivity contribution is 6.30. The van der Waals surface area contributed by atoms with Crippen molar-refractivity contribution in [1.29, 1.82) is 0 Å². The van der Waals surface area contributed by atoms with Gasteiger partial charge in [-0.15, -0.1) is 0 Å². The van der Waals surface area contributed by atoms with Crippen molar-refractivity contribution >= 4 is 11.6 Å². The molecule has 1 N–H and O–H groups in total. The number of hydrogen-bond donors (Lipinski definition) is 1. The van der Waals surface area contributed by atoms with Gasteiger partial charge in [0.05, 0.1) is 12.7 Å². The van der Waals surface area contributed by atoms with Gasteiger partial charge in [0, 0.05) is 23.6 Å². The summed E-state index contributed by atoms with van der Waals surface area (Å²) in [6.07, 6.45) is 3.15. The Balaban J connectivity index is 1.69. The summed E-state index contributed by atoms with van der Waals surface area (Å²) in [5, 5.41) is 4.38. The van der Waals surface area contributed by atoms with Crippen LogP contribution in [0.3, 0.4) is 0 Å². The maximum Gasteiger partial charge on any atom is 0.118 e. The van der Waals surface area contributed by atoms with Crippen molar-refractivity contribution in [3.05, 3.63) is 64.7 Å². The third-order valence-electron chi connectivity index (χ3n) is 5.56. The van der Waals surface area contributed by atoms with E-state index in [1.54, 1.807) is 7.11 Å². The first kappa shape index (κ1) is 20.2. The summed E-state index contributed by atoms with van der Waals surface area (Å²) in [6, 6.07) is 16.6. The van der Waals surface area contributed by atoms with Crippen LogP contribution in [0.5, 0.6) is 5.75 Å². The Kier molecular flexibility index (Phi) is 6.46. The molecule has 1 atom stereocenters. The molecule has 0 bridgehead atoms. The molecule has 1 aliphatic heterocycles. The third kappa shape index (κ3) is 5.25. The Bertz CT molecular complexity index is 727. The van der Waals surface area contributed by atoms with E-state index in [-0.39, 0.29) is 11.0 Å². The second kappa shape index (κ2) is 8.64. The Hall–Kier alpha value is -1.55. The maximum atomic E-state index is 6.02. The monoisotopic (exact) mass is 387 g/mol. The molecule has 0 radical (unpaired) electrons. The van der Waals surface area contributed by atoms with Crippen molar-refractivity contribution in [3.63, 3.8) is 0 Å². The molecule has 1 fully saturated rings. The summed E-state index contributed by atoms with van der Waals surface area (Å²) in [6.45, 7) is 7.02. The van der Waals surface area contributed by atoms with Gasteiger partial charge in [-0.2, -0.15) is 0 Å². The van der Waals surface area contributed by atoms with Crippen molar-refractivity contribution < 1.29 is 9.47 Å². The van der Waals surface area contributed by atoms with Crippen molar-refractivity contribution in [2.24, 2.45) is 0 Å². The molecule has 4 heteroatoms. The summed E-state index contributed by atoms with van der Waals surface area (Å²) in [5.41, 5.74) is 2.66. The van der Waals surface area contributed by atoms with E-state index in [0.717, 1.165) is 49.7 Å². The van der Waals surface area contributed by atoms with Gasteiger partial charge in [0.1, 0.15) is 5.75 Å². The zero-order valence-electron chi connectivity index (χ0n) is 16.6. The Morgan fingerprint density at radius 3 is 2.41 bits per heavy atom. The second-order valence-corrected chi connectivity index (χ2v) is 8.53. The summed E-state index contributed by atoms with van der Waals surface area (Å²) in [5.74, 6) is 0.904. The van der Waals surface area contributed by atoms with Crippen LogP contribution in [0, 0.1) is 0 Å². The lowest BCUT2D eigenvalue weighted by Crippen LogP contribution is -2.45. The lowest BCUT2D eigenvalue weighted by Gasteiger charge is -2.45. The molecule has 1 aliphatic rings. The predicted molar refractivity (Wildman–Crippen MR) is 112 cm³/mol. The van der Waals surface area contributed by atoms with Gasteiger partial charge in [-0.3, -0.25) is 0 Å². The van der Waals surface area contributed by atoms with E-state index in [0.29, 0.717) is 0 Å². The predicted octanol–water partition coefficient (Wildman–Crippen LogP) is 5.36. The minimum Gasteiger partial charge on any atom is -0.497 e. The number of methoxy groups -OCH3 is 1. The molecule has 3 rings (SSSR count). The lowest BCUT2D eigenvalue weighted by atomic mass is 9.67. The van der Waals surface area contributed by atoms with Crippen LogP contribution in [-0.4, -0.2) is 25.9 Å². The Morgan fingerprint density at radius 2 is 1.78 bits per heavy atom. The molecule has 1 unspecified atom stereocenters. The zero-order valence-corrected chi connectivity index (χ0v) is 17.3. The van der Waals surface area contributed by atoms with Crippen LogP contribution < -0.4 is 10.1 Å². The fraction of sp³-hybridized carbons (Fsp3) is 0.478. The van der Waals surface area contributed by atoms with Crippen LogP contribution in [0.2, 0.25) is 5.02 Å². The smallest absolute Gasteiger partial charge is 0.118 e. The van der Waals surface area contributed by atoms with E-state index in [2.05, 4.69) is 55.6 Å². The SMILES string of the molecule is COc1ccc(C2(CCNCc3ccc(Cl)cc3)CCOC(C)(C)C2)cc1. The first-order valence-electron chi connectivity index (χ1n) is 9.66. The highest BCUT2D eigenvalue weighted by Gasteiger charge is 2.41. The topological polar surface area (TPSA) is 30.5 Å². The lowest BCUT2D eigenvalue weighted by molar-refractivity contribution is -0.0840. The molecular weight excluding hydrogens is 358 g/mol. The second-order valence-electron chi connectivity index (χ2n) is 8.10. The number of ether oxygens (including phenoxy) is 2. The summed E-state index contributed by atoms with van der Waals surface area (Å²) >= 11 is 5.97. The Morgan fingerprint density at radius 1 is 1.07 bits per heavy atom. The molecule has 0 saturated carbocycles. The van der Waals surface area contributed by atoms with Crippen molar-refractivity contribution in [2.45, 2.75) is 50.7 Å². The molecule has 146 valence electrons. The molecule has 27 heavy (non-hydrogen) atoms. The van der Waals surface area contributed by atoms with Crippen LogP contribution in [-0.2, 0) is 16.7 Å². The van der Waals surface area contributed by atoms with Gasteiger partial charge < -0.3 is 14.8 Å². The van der Waals surface area contributed by atoms with Gasteiger partial charge >= 0.3 is 0 Å². The number of hydrogen-bond acceptors (Lipinski definition) is 3. The van der Waals surface area contributed by atoms with Gasteiger partial charge in [0.2, 0.25) is 0 Å². The minimum atomic E-state index is -0.103. The number of rotatable bonds is 7. The molecule has 3 nitrogen and oxygen atoms in total. The third-order valence-corrected chi connectivity index (χ3v) is 5.81. The van der Waals surface area contributed by atoms with Crippen LogP contribution >= 0.6 is 11.6 Å². The van der Waals surface area contributed by atoms with E-state index < -0.39 is 0 Å². The van der Waals surface area contributed by atoms with Gasteiger partial charge in [0.25, 0.3) is 0 Å². The van der Waals surface area contributed by atoms with Crippen molar-refractivity contribution in [2.75, 3.05) is 20.3 Å². The van der Waals surface area contributed by atoms with E-state index >= 15 is 0 Å². The highest BCUT2D eigenvalue weighted by Crippen LogP contribution is 2.44. The summed E-state index contributed by atoms with van der Waals surface area (Å²) < 4.78 is 11.4. The Labute approximate surface area is 168 Å². The largest absolute Gasteiger partial charge is 0.497 e. The quantitative estimate of drug-likeness (QED) is 0.649. The molecule has 0 aliphatic carbocycles. The number of benzene rings is 2. The number of nitrogens with one attached hydrogen (secondary N) is 1. The van der Waals surface area contributed by atoms with E-state index in [1.165, 1.54) is 11.1 Å². The van der Waals surface area contributed by atoms with Gasteiger partial charge in [0.15, 0.2) is 0 Å². The van der Waals surface area contributed by atoms with E-state index in [1.807, 2.05) is 12.1 Å². The fourth-order valence-electron chi connectivity index (χ4n) is 4.19. The van der Waals surface area contributed by atoms with Crippen LogP contribution in [0.25, 0.3) is 0 Å². The molecule has 0 aromatic heterocycles. The first-order valence-corrected chi connectivity index (χ1v) is 10.0.